The minimum atomic E-state index is -0.480. The molecule has 5 heteroatoms. The van der Waals surface area contributed by atoms with Gasteiger partial charge in [0.2, 0.25) is 0 Å². The Labute approximate surface area is 118 Å². The van der Waals surface area contributed by atoms with Crippen molar-refractivity contribution in [3.8, 4) is 5.75 Å². The highest BCUT2D eigenvalue weighted by molar-refractivity contribution is 9.10. The van der Waals surface area contributed by atoms with Gasteiger partial charge in [-0.3, -0.25) is 0 Å². The second kappa shape index (κ2) is 5.67. The fourth-order valence-electron chi connectivity index (χ4n) is 1.77. The number of hydrogen-bond acceptors (Lipinski definition) is 2. The summed E-state index contributed by atoms with van der Waals surface area (Å²) in [6.07, 6.45) is 0. The average molecular weight is 328 g/mol. The van der Waals surface area contributed by atoms with Gasteiger partial charge in [0.05, 0.1) is 17.6 Å². The third kappa shape index (κ3) is 2.93. The molecule has 0 saturated heterocycles. The lowest BCUT2D eigenvalue weighted by Gasteiger charge is -2.14. The Morgan fingerprint density at radius 3 is 2.21 bits per heavy atom. The summed E-state index contributed by atoms with van der Waals surface area (Å²) < 4.78 is 31.8. The maximum absolute atomic E-state index is 13.3. The quantitative estimate of drug-likeness (QED) is 0.931. The van der Waals surface area contributed by atoms with Crippen molar-refractivity contribution >= 4 is 15.9 Å². The number of benzene rings is 2. The molecule has 0 aromatic heterocycles. The standard InChI is InChI=1S/C14H12BrF2NO/c1-19-13-7-9(3-5-12(13)17)14(18)8-2-4-11(16)10(15)6-8/h2-7,14H,18H2,1H3. The lowest BCUT2D eigenvalue weighted by atomic mass is 9.99. The lowest BCUT2D eigenvalue weighted by molar-refractivity contribution is 0.385. The summed E-state index contributed by atoms with van der Waals surface area (Å²) in [6, 6.07) is 8.48. The fourth-order valence-corrected chi connectivity index (χ4v) is 2.16. The van der Waals surface area contributed by atoms with Crippen LogP contribution >= 0.6 is 15.9 Å². The van der Waals surface area contributed by atoms with Crippen LogP contribution < -0.4 is 10.5 Å². The average Bonchev–Trinajstić information content (AvgIpc) is 2.41. The van der Waals surface area contributed by atoms with E-state index in [0.29, 0.717) is 10.0 Å². The zero-order valence-electron chi connectivity index (χ0n) is 10.2. The number of methoxy groups -OCH3 is 1. The van der Waals surface area contributed by atoms with Gasteiger partial charge in [-0.15, -0.1) is 0 Å². The van der Waals surface area contributed by atoms with Crippen LogP contribution in [0.3, 0.4) is 0 Å². The zero-order chi connectivity index (χ0) is 14.0. The van der Waals surface area contributed by atoms with E-state index in [2.05, 4.69) is 15.9 Å². The predicted octanol–water partition coefficient (Wildman–Crippen LogP) is 3.78. The van der Waals surface area contributed by atoms with Gasteiger partial charge in [-0.05, 0) is 51.3 Å². The van der Waals surface area contributed by atoms with E-state index >= 15 is 0 Å². The molecule has 0 heterocycles. The third-order valence-electron chi connectivity index (χ3n) is 2.84. The summed E-state index contributed by atoms with van der Waals surface area (Å²) in [5.41, 5.74) is 7.50. The molecule has 0 radical (unpaired) electrons. The maximum Gasteiger partial charge on any atom is 0.165 e. The third-order valence-corrected chi connectivity index (χ3v) is 3.44. The normalized spacial score (nSPS) is 12.3. The molecule has 0 amide bonds. The smallest absolute Gasteiger partial charge is 0.165 e. The van der Waals surface area contributed by atoms with E-state index in [1.165, 1.54) is 25.3 Å². The molecule has 0 aliphatic carbocycles. The van der Waals surface area contributed by atoms with Crippen LogP contribution in [0.25, 0.3) is 0 Å². The van der Waals surface area contributed by atoms with Crippen molar-refractivity contribution in [3.05, 3.63) is 63.6 Å². The second-order valence-electron chi connectivity index (χ2n) is 4.05. The first-order valence-corrected chi connectivity index (χ1v) is 6.36. The van der Waals surface area contributed by atoms with Crippen LogP contribution in [0.4, 0.5) is 8.78 Å². The summed E-state index contributed by atoms with van der Waals surface area (Å²) in [4.78, 5) is 0. The van der Waals surface area contributed by atoms with Gasteiger partial charge in [0.25, 0.3) is 0 Å². The Balaban J connectivity index is 2.37. The largest absolute Gasteiger partial charge is 0.494 e. The summed E-state index contributed by atoms with van der Waals surface area (Å²) in [6.45, 7) is 0. The van der Waals surface area contributed by atoms with Crippen molar-refractivity contribution in [1.29, 1.82) is 0 Å². The molecular formula is C14H12BrF2NO. The first-order valence-electron chi connectivity index (χ1n) is 5.57. The summed E-state index contributed by atoms with van der Waals surface area (Å²) in [5.74, 6) is -0.666. The van der Waals surface area contributed by atoms with Crippen LogP contribution in [0, 0.1) is 11.6 Å². The van der Waals surface area contributed by atoms with E-state index in [4.69, 9.17) is 10.5 Å². The predicted molar refractivity (Wildman–Crippen MR) is 73.1 cm³/mol. The molecule has 1 unspecified atom stereocenters. The van der Waals surface area contributed by atoms with Crippen molar-refractivity contribution in [3.63, 3.8) is 0 Å². The van der Waals surface area contributed by atoms with E-state index in [0.717, 1.165) is 5.56 Å². The number of hydrogen-bond donors (Lipinski definition) is 1. The molecule has 100 valence electrons. The number of ether oxygens (including phenoxy) is 1. The van der Waals surface area contributed by atoms with Gasteiger partial charge in [-0.1, -0.05) is 12.1 Å². The molecular weight excluding hydrogens is 316 g/mol. The monoisotopic (exact) mass is 327 g/mol. The van der Waals surface area contributed by atoms with Crippen LogP contribution in [-0.4, -0.2) is 7.11 Å². The Hall–Kier alpha value is -1.46. The number of rotatable bonds is 3. The van der Waals surface area contributed by atoms with E-state index in [1.807, 2.05) is 0 Å². The molecule has 2 N–H and O–H groups in total. The zero-order valence-corrected chi connectivity index (χ0v) is 11.7. The Kier molecular flexibility index (Phi) is 4.17. The molecule has 0 aliphatic rings. The van der Waals surface area contributed by atoms with Gasteiger partial charge in [-0.25, -0.2) is 8.78 Å². The van der Waals surface area contributed by atoms with Crippen molar-refractivity contribution in [2.45, 2.75) is 6.04 Å². The van der Waals surface area contributed by atoms with Crippen molar-refractivity contribution in [1.82, 2.24) is 0 Å². The molecule has 0 bridgehead atoms. The molecule has 19 heavy (non-hydrogen) atoms. The van der Waals surface area contributed by atoms with Crippen molar-refractivity contribution < 1.29 is 13.5 Å². The summed E-state index contributed by atoms with van der Waals surface area (Å²) in [5, 5.41) is 0. The van der Waals surface area contributed by atoms with Crippen LogP contribution in [0.5, 0.6) is 5.75 Å². The molecule has 2 aromatic carbocycles. The topological polar surface area (TPSA) is 35.2 Å². The van der Waals surface area contributed by atoms with Gasteiger partial charge in [0.1, 0.15) is 5.82 Å². The summed E-state index contributed by atoms with van der Waals surface area (Å²) in [7, 11) is 1.39. The van der Waals surface area contributed by atoms with Gasteiger partial charge in [-0.2, -0.15) is 0 Å². The Morgan fingerprint density at radius 2 is 1.63 bits per heavy atom. The first-order chi connectivity index (χ1) is 9.02. The van der Waals surface area contributed by atoms with Crippen molar-refractivity contribution in [2.75, 3.05) is 7.11 Å². The first kappa shape index (κ1) is 14.0. The minimum absolute atomic E-state index is 0.133. The molecule has 2 nitrogen and oxygen atoms in total. The van der Waals surface area contributed by atoms with Crippen LogP contribution in [0.15, 0.2) is 40.9 Å². The summed E-state index contributed by atoms with van der Waals surface area (Å²) >= 11 is 3.11. The lowest BCUT2D eigenvalue weighted by Crippen LogP contribution is -2.12. The molecule has 0 fully saturated rings. The molecule has 0 aliphatic heterocycles. The van der Waals surface area contributed by atoms with Crippen molar-refractivity contribution in [2.24, 2.45) is 5.73 Å². The van der Waals surface area contributed by atoms with Crippen LogP contribution in [-0.2, 0) is 0 Å². The number of nitrogens with two attached hydrogens (primary N) is 1. The molecule has 0 spiro atoms. The SMILES string of the molecule is COc1cc(C(N)c2ccc(F)c(Br)c2)ccc1F. The van der Waals surface area contributed by atoms with Crippen LogP contribution in [0.1, 0.15) is 17.2 Å². The highest BCUT2D eigenvalue weighted by Crippen LogP contribution is 2.27. The Bertz CT molecular complexity index is 604. The Morgan fingerprint density at radius 1 is 1.05 bits per heavy atom. The highest BCUT2D eigenvalue weighted by atomic mass is 79.9. The van der Waals surface area contributed by atoms with E-state index in [1.54, 1.807) is 18.2 Å². The van der Waals surface area contributed by atoms with Gasteiger partial charge >= 0.3 is 0 Å². The molecule has 2 aromatic rings. The van der Waals surface area contributed by atoms with Crippen LogP contribution in [0.2, 0.25) is 0 Å². The molecule has 2 rings (SSSR count). The molecule has 0 saturated carbocycles. The van der Waals surface area contributed by atoms with Gasteiger partial charge < -0.3 is 10.5 Å². The van der Waals surface area contributed by atoms with E-state index < -0.39 is 11.9 Å². The highest BCUT2D eigenvalue weighted by Gasteiger charge is 2.13. The fraction of sp³-hybridized carbons (Fsp3) is 0.143. The molecule has 1 atom stereocenters. The van der Waals surface area contributed by atoms with Gasteiger partial charge in [0, 0.05) is 0 Å². The second-order valence-corrected chi connectivity index (χ2v) is 4.90. The number of halogens is 3. The minimum Gasteiger partial charge on any atom is -0.494 e. The maximum atomic E-state index is 13.3. The van der Waals surface area contributed by atoms with Gasteiger partial charge in [0.15, 0.2) is 11.6 Å². The van der Waals surface area contributed by atoms with E-state index in [-0.39, 0.29) is 11.6 Å². The van der Waals surface area contributed by atoms with E-state index in [9.17, 15) is 8.78 Å².